The van der Waals surface area contributed by atoms with Gasteiger partial charge >= 0.3 is 0 Å². The molecule has 4 nitrogen and oxygen atoms in total. The monoisotopic (exact) mass is 205 g/mol. The van der Waals surface area contributed by atoms with Crippen molar-refractivity contribution in [2.24, 2.45) is 0 Å². The first-order valence-corrected chi connectivity index (χ1v) is 4.79. The van der Waals surface area contributed by atoms with E-state index in [0.717, 1.165) is 30.5 Å². The fourth-order valence-corrected chi connectivity index (χ4v) is 1.92. The van der Waals surface area contributed by atoms with E-state index in [0.29, 0.717) is 11.8 Å². The summed E-state index contributed by atoms with van der Waals surface area (Å²) in [7, 11) is 0. The fourth-order valence-electron chi connectivity index (χ4n) is 1.12. The maximum atomic E-state index is 5.80. The van der Waals surface area contributed by atoms with Crippen LogP contribution in [0.2, 0.25) is 5.15 Å². The number of ether oxygens (including phenoxy) is 1. The van der Waals surface area contributed by atoms with Crippen molar-refractivity contribution in [1.82, 2.24) is 14.1 Å². The van der Waals surface area contributed by atoms with Gasteiger partial charge < -0.3 is 10.1 Å². The number of nitrogens with one attached hydrogen (secondary N) is 1. The van der Waals surface area contributed by atoms with Crippen LogP contribution in [0.15, 0.2) is 0 Å². The standard InChI is InChI=1S/C6H8ClN3OS/c7-6-5(9-12-10-6)4-3-8-1-2-11-4/h4,8H,1-3H2. The Balaban J connectivity index is 2.13. The number of rotatable bonds is 1. The van der Waals surface area contributed by atoms with E-state index in [1.165, 1.54) is 0 Å². The van der Waals surface area contributed by atoms with Gasteiger partial charge in [-0.2, -0.15) is 8.75 Å². The molecular weight excluding hydrogens is 198 g/mol. The van der Waals surface area contributed by atoms with Crippen molar-refractivity contribution in [3.8, 4) is 0 Å². The van der Waals surface area contributed by atoms with Gasteiger partial charge in [-0.15, -0.1) is 0 Å². The molecule has 1 fully saturated rings. The second-order valence-electron chi connectivity index (χ2n) is 2.50. The molecule has 0 aliphatic carbocycles. The van der Waals surface area contributed by atoms with Crippen molar-refractivity contribution in [3.63, 3.8) is 0 Å². The molecule has 1 atom stereocenters. The topological polar surface area (TPSA) is 47.0 Å². The minimum absolute atomic E-state index is 0.0231. The Morgan fingerprint density at radius 1 is 1.58 bits per heavy atom. The Labute approximate surface area is 79.2 Å². The summed E-state index contributed by atoms with van der Waals surface area (Å²) in [4.78, 5) is 0. The molecule has 0 bridgehead atoms. The highest BCUT2D eigenvalue weighted by Gasteiger charge is 2.21. The van der Waals surface area contributed by atoms with Crippen molar-refractivity contribution >= 4 is 23.3 Å². The van der Waals surface area contributed by atoms with Crippen LogP contribution >= 0.6 is 23.3 Å². The zero-order chi connectivity index (χ0) is 8.39. The predicted molar refractivity (Wildman–Crippen MR) is 46.5 cm³/mol. The van der Waals surface area contributed by atoms with Gasteiger partial charge in [0.1, 0.15) is 11.8 Å². The van der Waals surface area contributed by atoms with E-state index in [1.54, 1.807) is 0 Å². The molecular formula is C6H8ClN3OS. The number of aromatic nitrogens is 2. The van der Waals surface area contributed by atoms with Crippen LogP contribution in [0.4, 0.5) is 0 Å². The number of hydrogen-bond donors (Lipinski definition) is 1. The average molecular weight is 206 g/mol. The first kappa shape index (κ1) is 8.37. The lowest BCUT2D eigenvalue weighted by atomic mass is 10.2. The maximum Gasteiger partial charge on any atom is 0.168 e. The van der Waals surface area contributed by atoms with Crippen molar-refractivity contribution in [2.75, 3.05) is 19.7 Å². The van der Waals surface area contributed by atoms with Gasteiger partial charge in [-0.25, -0.2) is 0 Å². The molecule has 1 N–H and O–H groups in total. The average Bonchev–Trinajstić information content (AvgIpc) is 2.53. The highest BCUT2D eigenvalue weighted by molar-refractivity contribution is 6.99. The summed E-state index contributed by atoms with van der Waals surface area (Å²) in [5, 5.41) is 3.67. The van der Waals surface area contributed by atoms with Gasteiger partial charge in [-0.05, 0) is 0 Å². The second-order valence-corrected chi connectivity index (χ2v) is 3.39. The summed E-state index contributed by atoms with van der Waals surface area (Å²) in [6.45, 7) is 2.37. The molecule has 1 saturated heterocycles. The van der Waals surface area contributed by atoms with Gasteiger partial charge in [-0.1, -0.05) is 11.6 Å². The molecule has 0 aromatic carbocycles. The van der Waals surface area contributed by atoms with Crippen LogP contribution in [0.5, 0.6) is 0 Å². The van der Waals surface area contributed by atoms with Gasteiger partial charge in [0, 0.05) is 13.1 Å². The third-order valence-electron chi connectivity index (χ3n) is 1.70. The van der Waals surface area contributed by atoms with Crippen LogP contribution in [0.3, 0.4) is 0 Å². The smallest absolute Gasteiger partial charge is 0.168 e. The first-order valence-electron chi connectivity index (χ1n) is 3.68. The van der Waals surface area contributed by atoms with E-state index >= 15 is 0 Å². The summed E-state index contributed by atoms with van der Waals surface area (Å²) in [5.41, 5.74) is 0.758. The molecule has 1 aliphatic rings. The van der Waals surface area contributed by atoms with Crippen LogP contribution in [0.25, 0.3) is 0 Å². The molecule has 1 aromatic heterocycles. The van der Waals surface area contributed by atoms with E-state index in [9.17, 15) is 0 Å². The number of hydrogen-bond acceptors (Lipinski definition) is 5. The molecule has 0 saturated carbocycles. The summed E-state index contributed by atoms with van der Waals surface area (Å²) < 4.78 is 13.4. The van der Waals surface area contributed by atoms with Crippen molar-refractivity contribution in [2.45, 2.75) is 6.10 Å². The van der Waals surface area contributed by atoms with E-state index in [4.69, 9.17) is 16.3 Å². The van der Waals surface area contributed by atoms with Crippen molar-refractivity contribution in [1.29, 1.82) is 0 Å². The van der Waals surface area contributed by atoms with Crippen molar-refractivity contribution in [3.05, 3.63) is 10.8 Å². The molecule has 12 heavy (non-hydrogen) atoms. The molecule has 2 heterocycles. The molecule has 1 aromatic rings. The highest BCUT2D eigenvalue weighted by atomic mass is 35.5. The quantitative estimate of drug-likeness (QED) is 0.739. The molecule has 0 spiro atoms. The molecule has 2 rings (SSSR count). The normalized spacial score (nSPS) is 24.2. The Morgan fingerprint density at radius 3 is 3.08 bits per heavy atom. The summed E-state index contributed by atoms with van der Waals surface area (Å²) in [5.74, 6) is 0. The van der Waals surface area contributed by atoms with Gasteiger partial charge in [0.2, 0.25) is 0 Å². The number of halogens is 1. The van der Waals surface area contributed by atoms with Crippen molar-refractivity contribution < 1.29 is 4.74 Å². The Bertz CT molecular complexity index is 261. The van der Waals surface area contributed by atoms with E-state index in [1.807, 2.05) is 0 Å². The SMILES string of the molecule is Clc1nsnc1C1CNCCO1. The minimum Gasteiger partial charge on any atom is -0.369 e. The van der Waals surface area contributed by atoms with E-state index in [2.05, 4.69) is 14.1 Å². The maximum absolute atomic E-state index is 5.80. The molecule has 1 unspecified atom stereocenters. The second kappa shape index (κ2) is 3.66. The molecule has 0 amide bonds. The highest BCUT2D eigenvalue weighted by Crippen LogP contribution is 2.23. The van der Waals surface area contributed by atoms with Gasteiger partial charge in [0.25, 0.3) is 0 Å². The summed E-state index contributed by atoms with van der Waals surface area (Å²) in [6.07, 6.45) is -0.0231. The fraction of sp³-hybridized carbons (Fsp3) is 0.667. The van der Waals surface area contributed by atoms with Gasteiger partial charge in [0.15, 0.2) is 5.15 Å². The molecule has 1 aliphatic heterocycles. The van der Waals surface area contributed by atoms with Gasteiger partial charge in [0.05, 0.1) is 18.3 Å². The third kappa shape index (κ3) is 1.59. The van der Waals surface area contributed by atoms with Crippen LogP contribution in [0.1, 0.15) is 11.8 Å². The minimum atomic E-state index is -0.0231. The first-order chi connectivity index (χ1) is 5.88. The summed E-state index contributed by atoms with van der Waals surface area (Å²) in [6, 6.07) is 0. The van der Waals surface area contributed by atoms with E-state index in [-0.39, 0.29) is 6.10 Å². The molecule has 0 radical (unpaired) electrons. The zero-order valence-corrected chi connectivity index (χ0v) is 7.86. The summed E-state index contributed by atoms with van der Waals surface area (Å²) >= 11 is 6.92. The van der Waals surface area contributed by atoms with Crippen LogP contribution in [-0.2, 0) is 4.74 Å². The van der Waals surface area contributed by atoms with Crippen LogP contribution < -0.4 is 5.32 Å². The largest absolute Gasteiger partial charge is 0.369 e. The van der Waals surface area contributed by atoms with Crippen LogP contribution in [0, 0.1) is 0 Å². The Kier molecular flexibility index (Phi) is 2.55. The Hall–Kier alpha value is -0.230. The lowest BCUT2D eigenvalue weighted by Crippen LogP contribution is -2.33. The third-order valence-corrected chi connectivity index (χ3v) is 2.63. The number of morpholine rings is 1. The Morgan fingerprint density at radius 2 is 2.50 bits per heavy atom. The zero-order valence-electron chi connectivity index (χ0n) is 6.29. The molecule has 6 heteroatoms. The van der Waals surface area contributed by atoms with Gasteiger partial charge in [-0.3, -0.25) is 0 Å². The number of nitrogens with zero attached hydrogens (tertiary/aromatic N) is 2. The molecule has 66 valence electrons. The van der Waals surface area contributed by atoms with Crippen LogP contribution in [-0.4, -0.2) is 28.4 Å². The predicted octanol–water partition coefficient (Wildman–Crippen LogP) is 0.852. The van der Waals surface area contributed by atoms with E-state index < -0.39 is 0 Å². The lowest BCUT2D eigenvalue weighted by molar-refractivity contribution is 0.0256. The lowest BCUT2D eigenvalue weighted by Gasteiger charge is -2.21.